The first-order chi connectivity index (χ1) is 10.5. The van der Waals surface area contributed by atoms with Crippen LogP contribution < -0.4 is 11.1 Å². The number of aromatic nitrogens is 1. The van der Waals surface area contributed by atoms with E-state index in [0.29, 0.717) is 23.2 Å². The van der Waals surface area contributed by atoms with E-state index in [0.717, 1.165) is 12.0 Å². The van der Waals surface area contributed by atoms with E-state index in [1.807, 2.05) is 12.1 Å². The van der Waals surface area contributed by atoms with Gasteiger partial charge in [0.1, 0.15) is 5.69 Å². The lowest BCUT2D eigenvalue weighted by Gasteiger charge is -2.17. The number of hydrogen-bond donors (Lipinski definition) is 2. The lowest BCUT2D eigenvalue weighted by molar-refractivity contribution is 0.0896. The monoisotopic (exact) mass is 321 g/mol. The third-order valence-corrected chi connectivity index (χ3v) is 3.47. The Balaban J connectivity index is 2.09. The maximum Gasteiger partial charge on any atom is 0.290 e. The van der Waals surface area contributed by atoms with Crippen molar-refractivity contribution in [1.82, 2.24) is 10.5 Å². The van der Waals surface area contributed by atoms with Gasteiger partial charge >= 0.3 is 0 Å². The van der Waals surface area contributed by atoms with Crippen LogP contribution in [-0.4, -0.2) is 23.7 Å². The van der Waals surface area contributed by atoms with Crippen molar-refractivity contribution in [2.75, 3.05) is 6.54 Å². The summed E-state index contributed by atoms with van der Waals surface area (Å²) in [5, 5.41) is 7.39. The van der Waals surface area contributed by atoms with Crippen LogP contribution in [0.15, 0.2) is 34.9 Å². The van der Waals surface area contributed by atoms with Crippen LogP contribution in [0.5, 0.6) is 0 Å². The summed E-state index contributed by atoms with van der Waals surface area (Å²) in [6.45, 7) is 4.56. The molecular formula is C16H20ClN3O2. The first-order valence-corrected chi connectivity index (χ1v) is 7.61. The molecule has 1 amide bonds. The van der Waals surface area contributed by atoms with Crippen molar-refractivity contribution in [3.63, 3.8) is 0 Å². The third-order valence-electron chi connectivity index (χ3n) is 3.23. The van der Waals surface area contributed by atoms with Crippen molar-refractivity contribution in [3.05, 3.63) is 41.1 Å². The molecule has 118 valence electrons. The van der Waals surface area contributed by atoms with E-state index >= 15 is 0 Å². The van der Waals surface area contributed by atoms with Crippen LogP contribution in [0.1, 0.15) is 30.8 Å². The zero-order valence-corrected chi connectivity index (χ0v) is 13.4. The number of nitrogens with zero attached hydrogens (tertiary/aromatic N) is 1. The Kier molecular flexibility index (Phi) is 5.57. The SMILES string of the molecule is CC(C)CC(CN)NC(=O)c1cc(-c2cccc(Cl)c2)no1. The maximum atomic E-state index is 12.2. The van der Waals surface area contributed by atoms with E-state index in [4.69, 9.17) is 21.9 Å². The number of hydrogen-bond acceptors (Lipinski definition) is 4. The Labute approximate surface area is 134 Å². The molecule has 0 bridgehead atoms. The largest absolute Gasteiger partial charge is 0.350 e. The van der Waals surface area contributed by atoms with Crippen LogP contribution >= 0.6 is 11.6 Å². The van der Waals surface area contributed by atoms with Crippen molar-refractivity contribution in [1.29, 1.82) is 0 Å². The van der Waals surface area contributed by atoms with Gasteiger partial charge in [-0.05, 0) is 24.5 Å². The molecule has 0 saturated heterocycles. The summed E-state index contributed by atoms with van der Waals surface area (Å²) in [4.78, 5) is 12.2. The Morgan fingerprint density at radius 2 is 2.18 bits per heavy atom. The molecule has 1 heterocycles. The lowest BCUT2D eigenvalue weighted by atomic mass is 10.0. The number of carbonyl (C=O) groups is 1. The average molecular weight is 322 g/mol. The molecule has 0 radical (unpaired) electrons. The van der Waals surface area contributed by atoms with Crippen LogP contribution in [0, 0.1) is 5.92 Å². The van der Waals surface area contributed by atoms with Crippen molar-refractivity contribution in [3.8, 4) is 11.3 Å². The van der Waals surface area contributed by atoms with Gasteiger partial charge in [0, 0.05) is 29.2 Å². The molecule has 1 atom stereocenters. The van der Waals surface area contributed by atoms with Gasteiger partial charge < -0.3 is 15.6 Å². The van der Waals surface area contributed by atoms with Gasteiger partial charge in [-0.15, -0.1) is 0 Å². The lowest BCUT2D eigenvalue weighted by Crippen LogP contribution is -2.40. The summed E-state index contributed by atoms with van der Waals surface area (Å²) < 4.78 is 5.13. The fraction of sp³-hybridized carbons (Fsp3) is 0.375. The van der Waals surface area contributed by atoms with Gasteiger partial charge in [-0.2, -0.15) is 0 Å². The second-order valence-electron chi connectivity index (χ2n) is 5.62. The highest BCUT2D eigenvalue weighted by Gasteiger charge is 2.18. The Hall–Kier alpha value is -1.85. The molecule has 0 saturated carbocycles. The van der Waals surface area contributed by atoms with Gasteiger partial charge in [0.05, 0.1) is 0 Å². The number of rotatable bonds is 6. The molecule has 22 heavy (non-hydrogen) atoms. The Morgan fingerprint density at radius 3 is 2.82 bits per heavy atom. The fourth-order valence-electron chi connectivity index (χ4n) is 2.21. The van der Waals surface area contributed by atoms with E-state index in [1.165, 1.54) is 0 Å². The summed E-state index contributed by atoms with van der Waals surface area (Å²) in [5.41, 5.74) is 7.05. The van der Waals surface area contributed by atoms with Gasteiger partial charge in [0.15, 0.2) is 0 Å². The molecule has 1 unspecified atom stereocenters. The number of carbonyl (C=O) groups excluding carboxylic acids is 1. The third kappa shape index (κ3) is 4.32. The molecule has 0 spiro atoms. The minimum absolute atomic E-state index is 0.0766. The number of benzene rings is 1. The molecule has 0 aliphatic rings. The highest BCUT2D eigenvalue weighted by molar-refractivity contribution is 6.30. The predicted molar refractivity (Wildman–Crippen MR) is 86.7 cm³/mol. The zero-order valence-electron chi connectivity index (χ0n) is 12.7. The topological polar surface area (TPSA) is 81.1 Å². The Morgan fingerprint density at radius 1 is 1.41 bits per heavy atom. The highest BCUT2D eigenvalue weighted by atomic mass is 35.5. The van der Waals surface area contributed by atoms with E-state index in [2.05, 4.69) is 24.3 Å². The van der Waals surface area contributed by atoms with Gasteiger partial charge in [-0.1, -0.05) is 42.7 Å². The van der Waals surface area contributed by atoms with Crippen LogP contribution in [0.2, 0.25) is 5.02 Å². The van der Waals surface area contributed by atoms with Gasteiger partial charge in [0.2, 0.25) is 5.76 Å². The summed E-state index contributed by atoms with van der Waals surface area (Å²) >= 11 is 5.95. The van der Waals surface area contributed by atoms with Crippen LogP contribution in [0.3, 0.4) is 0 Å². The van der Waals surface area contributed by atoms with Gasteiger partial charge in [-0.3, -0.25) is 4.79 Å². The average Bonchev–Trinajstić information content (AvgIpc) is 2.96. The van der Waals surface area contributed by atoms with E-state index < -0.39 is 0 Å². The summed E-state index contributed by atoms with van der Waals surface area (Å²) in [7, 11) is 0. The fourth-order valence-corrected chi connectivity index (χ4v) is 2.40. The maximum absolute atomic E-state index is 12.2. The molecule has 5 nitrogen and oxygen atoms in total. The molecule has 3 N–H and O–H groups in total. The highest BCUT2D eigenvalue weighted by Crippen LogP contribution is 2.22. The summed E-state index contributed by atoms with van der Waals surface area (Å²) in [6.07, 6.45) is 0.817. The summed E-state index contributed by atoms with van der Waals surface area (Å²) in [6, 6.07) is 8.74. The van der Waals surface area contributed by atoms with Crippen LogP contribution in [0.4, 0.5) is 0 Å². The molecule has 6 heteroatoms. The number of halogens is 1. The van der Waals surface area contributed by atoms with Gasteiger partial charge in [-0.25, -0.2) is 0 Å². The second kappa shape index (κ2) is 7.42. The Bertz CT molecular complexity index is 640. The van der Waals surface area contributed by atoms with E-state index in [-0.39, 0.29) is 17.7 Å². The normalized spacial score (nSPS) is 12.4. The van der Waals surface area contributed by atoms with Crippen LogP contribution in [0.25, 0.3) is 11.3 Å². The smallest absolute Gasteiger partial charge is 0.290 e. The molecule has 2 rings (SSSR count). The molecule has 1 aromatic heterocycles. The molecule has 0 aliphatic heterocycles. The van der Waals surface area contributed by atoms with Crippen molar-refractivity contribution in [2.24, 2.45) is 11.7 Å². The van der Waals surface area contributed by atoms with Crippen molar-refractivity contribution >= 4 is 17.5 Å². The first kappa shape index (κ1) is 16.5. The van der Waals surface area contributed by atoms with Crippen molar-refractivity contribution in [2.45, 2.75) is 26.3 Å². The minimum Gasteiger partial charge on any atom is -0.350 e. The second-order valence-corrected chi connectivity index (χ2v) is 6.06. The first-order valence-electron chi connectivity index (χ1n) is 7.23. The number of amides is 1. The molecule has 1 aromatic carbocycles. The molecule has 2 aromatic rings. The van der Waals surface area contributed by atoms with Crippen LogP contribution in [-0.2, 0) is 0 Å². The zero-order chi connectivity index (χ0) is 16.1. The standard InChI is InChI=1S/C16H20ClN3O2/c1-10(2)6-13(9-18)19-16(21)15-8-14(20-22-15)11-4-3-5-12(17)7-11/h3-5,7-8,10,13H,6,9,18H2,1-2H3,(H,19,21). The molecule has 0 fully saturated rings. The number of nitrogens with one attached hydrogen (secondary N) is 1. The molecule has 0 aliphatic carbocycles. The predicted octanol–water partition coefficient (Wildman–Crippen LogP) is 3.10. The quantitative estimate of drug-likeness (QED) is 0.856. The molecular weight excluding hydrogens is 302 g/mol. The van der Waals surface area contributed by atoms with Gasteiger partial charge in [0.25, 0.3) is 5.91 Å². The van der Waals surface area contributed by atoms with Crippen molar-refractivity contribution < 1.29 is 9.32 Å². The van der Waals surface area contributed by atoms with E-state index in [1.54, 1.807) is 18.2 Å². The van der Waals surface area contributed by atoms with E-state index in [9.17, 15) is 4.79 Å². The number of nitrogens with two attached hydrogens (primary N) is 1. The minimum atomic E-state index is -0.308. The summed E-state index contributed by atoms with van der Waals surface area (Å²) in [5.74, 6) is 0.305.